The van der Waals surface area contributed by atoms with Gasteiger partial charge in [-0.3, -0.25) is 0 Å². The number of rotatable bonds is 3. The lowest BCUT2D eigenvalue weighted by Crippen LogP contribution is -2.10. The highest BCUT2D eigenvalue weighted by molar-refractivity contribution is 5.90. The molecule has 4 heteroatoms. The number of hydrogen-bond donors (Lipinski definition) is 0. The van der Waals surface area contributed by atoms with Crippen LogP contribution in [-0.4, -0.2) is 18.2 Å². The van der Waals surface area contributed by atoms with E-state index < -0.39 is 0 Å². The lowest BCUT2D eigenvalue weighted by atomic mass is 9.86. The summed E-state index contributed by atoms with van der Waals surface area (Å²) in [6.07, 6.45) is 0. The fourth-order valence-electron chi connectivity index (χ4n) is 2.61. The molecule has 0 amide bonds. The molecule has 0 aliphatic heterocycles. The van der Waals surface area contributed by atoms with Gasteiger partial charge in [-0.05, 0) is 23.1 Å². The number of carbonyl (C=O) groups is 1. The Kier molecular flexibility index (Phi) is 4.45. The van der Waals surface area contributed by atoms with Crippen molar-refractivity contribution in [1.29, 1.82) is 0 Å². The molecule has 0 bridgehead atoms. The molecule has 0 aliphatic rings. The topological polar surface area (TPSA) is 52.3 Å². The van der Waals surface area contributed by atoms with Crippen LogP contribution in [0.2, 0.25) is 0 Å². The van der Waals surface area contributed by atoms with Gasteiger partial charge in [0.2, 0.25) is 0 Å². The van der Waals surface area contributed by atoms with Crippen molar-refractivity contribution in [3.8, 4) is 22.6 Å². The van der Waals surface area contributed by atoms with Crippen LogP contribution >= 0.6 is 0 Å². The third kappa shape index (κ3) is 3.63. The highest BCUT2D eigenvalue weighted by Gasteiger charge is 2.15. The SMILES string of the molecule is COC(=O)c1cccc(-c2cc(-c3ccc(C(C)(C)C)cc3)on2)c1. The molecule has 3 aromatic rings. The Morgan fingerprint density at radius 1 is 1.00 bits per heavy atom. The van der Waals surface area contributed by atoms with Gasteiger partial charge < -0.3 is 9.26 Å². The summed E-state index contributed by atoms with van der Waals surface area (Å²) in [5.74, 6) is 0.322. The zero-order valence-electron chi connectivity index (χ0n) is 14.9. The van der Waals surface area contributed by atoms with Gasteiger partial charge in [-0.1, -0.05) is 62.3 Å². The van der Waals surface area contributed by atoms with Crippen molar-refractivity contribution in [3.05, 3.63) is 65.7 Å². The summed E-state index contributed by atoms with van der Waals surface area (Å²) in [4.78, 5) is 11.7. The predicted molar refractivity (Wildman–Crippen MR) is 97.4 cm³/mol. The van der Waals surface area contributed by atoms with Gasteiger partial charge in [0.15, 0.2) is 5.76 Å². The number of aromatic nitrogens is 1. The molecular weight excluding hydrogens is 314 g/mol. The molecule has 0 saturated heterocycles. The standard InChI is InChI=1S/C21H21NO3/c1-21(2,3)17-10-8-14(9-11-17)19-13-18(22-25-19)15-6-5-7-16(12-15)20(23)24-4/h5-13H,1-4H3. The number of nitrogens with zero attached hydrogens (tertiary/aromatic N) is 1. The Morgan fingerprint density at radius 2 is 1.72 bits per heavy atom. The summed E-state index contributed by atoms with van der Waals surface area (Å²) in [6.45, 7) is 6.55. The van der Waals surface area contributed by atoms with Crippen LogP contribution in [0.3, 0.4) is 0 Å². The Morgan fingerprint density at radius 3 is 2.36 bits per heavy atom. The van der Waals surface area contributed by atoms with Gasteiger partial charge in [0, 0.05) is 17.2 Å². The van der Waals surface area contributed by atoms with Crippen LogP contribution in [0.1, 0.15) is 36.7 Å². The average Bonchev–Trinajstić information content (AvgIpc) is 3.10. The second-order valence-electron chi connectivity index (χ2n) is 6.98. The van der Waals surface area contributed by atoms with Gasteiger partial charge in [-0.15, -0.1) is 0 Å². The van der Waals surface area contributed by atoms with Crippen LogP contribution in [0.25, 0.3) is 22.6 Å². The molecule has 0 N–H and O–H groups in total. The van der Waals surface area contributed by atoms with Crippen LogP contribution in [0.15, 0.2) is 59.1 Å². The zero-order valence-corrected chi connectivity index (χ0v) is 14.9. The van der Waals surface area contributed by atoms with E-state index in [4.69, 9.17) is 9.26 Å². The first-order valence-corrected chi connectivity index (χ1v) is 8.15. The smallest absolute Gasteiger partial charge is 0.337 e. The molecular formula is C21H21NO3. The molecule has 128 valence electrons. The summed E-state index contributed by atoms with van der Waals surface area (Å²) in [5.41, 5.74) is 4.32. The second kappa shape index (κ2) is 6.55. The van der Waals surface area contributed by atoms with Gasteiger partial charge in [-0.25, -0.2) is 4.79 Å². The quantitative estimate of drug-likeness (QED) is 0.625. The van der Waals surface area contributed by atoms with Crippen LogP contribution < -0.4 is 0 Å². The molecule has 0 aliphatic carbocycles. The molecule has 0 saturated carbocycles. The van der Waals surface area contributed by atoms with Crippen LogP contribution in [0.5, 0.6) is 0 Å². The van der Waals surface area contributed by atoms with Crippen molar-refractivity contribution in [1.82, 2.24) is 5.16 Å². The van der Waals surface area contributed by atoms with E-state index in [-0.39, 0.29) is 11.4 Å². The van der Waals surface area contributed by atoms with Crippen LogP contribution in [0, 0.1) is 0 Å². The fraction of sp³-hybridized carbons (Fsp3) is 0.238. The third-order valence-electron chi connectivity index (χ3n) is 4.13. The lowest BCUT2D eigenvalue weighted by molar-refractivity contribution is 0.0601. The second-order valence-corrected chi connectivity index (χ2v) is 6.98. The minimum absolute atomic E-state index is 0.111. The first kappa shape index (κ1) is 17.0. The van der Waals surface area contributed by atoms with E-state index in [0.717, 1.165) is 11.1 Å². The highest BCUT2D eigenvalue weighted by atomic mass is 16.5. The first-order chi connectivity index (χ1) is 11.9. The van der Waals surface area contributed by atoms with Crippen molar-refractivity contribution < 1.29 is 14.1 Å². The molecule has 0 radical (unpaired) electrons. The summed E-state index contributed by atoms with van der Waals surface area (Å²) < 4.78 is 10.2. The summed E-state index contributed by atoms with van der Waals surface area (Å²) in [5, 5.41) is 4.13. The monoisotopic (exact) mass is 335 g/mol. The molecule has 0 atom stereocenters. The normalized spacial score (nSPS) is 11.4. The number of benzene rings is 2. The van der Waals surface area contributed by atoms with E-state index in [1.165, 1.54) is 12.7 Å². The maximum atomic E-state index is 11.7. The Bertz CT molecular complexity index is 886. The molecule has 3 rings (SSSR count). The van der Waals surface area contributed by atoms with Crippen molar-refractivity contribution in [2.24, 2.45) is 0 Å². The molecule has 1 aromatic heterocycles. The minimum Gasteiger partial charge on any atom is -0.465 e. The first-order valence-electron chi connectivity index (χ1n) is 8.15. The van der Waals surface area contributed by atoms with E-state index in [1.807, 2.05) is 24.3 Å². The molecule has 0 unspecified atom stereocenters. The molecule has 4 nitrogen and oxygen atoms in total. The number of ether oxygens (including phenoxy) is 1. The third-order valence-corrected chi connectivity index (χ3v) is 4.13. The Labute approximate surface area is 147 Å². The van der Waals surface area contributed by atoms with Crippen molar-refractivity contribution in [3.63, 3.8) is 0 Å². The number of hydrogen-bond acceptors (Lipinski definition) is 4. The Hall–Kier alpha value is -2.88. The number of esters is 1. The fourth-order valence-corrected chi connectivity index (χ4v) is 2.61. The van der Waals surface area contributed by atoms with Gasteiger partial charge in [0.1, 0.15) is 5.69 Å². The maximum absolute atomic E-state index is 11.7. The summed E-state index contributed by atoms with van der Waals surface area (Å²) in [6, 6.07) is 17.3. The molecule has 25 heavy (non-hydrogen) atoms. The van der Waals surface area contributed by atoms with Gasteiger partial charge >= 0.3 is 5.97 Å². The molecule has 0 spiro atoms. The summed E-state index contributed by atoms with van der Waals surface area (Å²) >= 11 is 0. The van der Waals surface area contributed by atoms with E-state index in [9.17, 15) is 4.79 Å². The van der Waals surface area contributed by atoms with Crippen LogP contribution in [-0.2, 0) is 10.2 Å². The average molecular weight is 335 g/mol. The van der Waals surface area contributed by atoms with Gasteiger partial charge in [0.05, 0.1) is 12.7 Å². The van der Waals surface area contributed by atoms with Crippen molar-refractivity contribution in [2.75, 3.05) is 7.11 Å². The lowest BCUT2D eigenvalue weighted by Gasteiger charge is -2.18. The van der Waals surface area contributed by atoms with E-state index in [1.54, 1.807) is 18.2 Å². The largest absolute Gasteiger partial charge is 0.465 e. The molecule has 0 fully saturated rings. The minimum atomic E-state index is -0.372. The van der Waals surface area contributed by atoms with Crippen LogP contribution in [0.4, 0.5) is 0 Å². The predicted octanol–water partition coefficient (Wildman–Crippen LogP) is 5.09. The van der Waals surface area contributed by atoms with Gasteiger partial charge in [-0.2, -0.15) is 0 Å². The Balaban J connectivity index is 1.89. The maximum Gasteiger partial charge on any atom is 0.337 e. The summed E-state index contributed by atoms with van der Waals surface area (Å²) in [7, 11) is 1.37. The van der Waals surface area contributed by atoms with E-state index >= 15 is 0 Å². The van der Waals surface area contributed by atoms with E-state index in [0.29, 0.717) is 17.0 Å². The highest BCUT2D eigenvalue weighted by Crippen LogP contribution is 2.29. The van der Waals surface area contributed by atoms with Crippen molar-refractivity contribution in [2.45, 2.75) is 26.2 Å². The zero-order chi connectivity index (χ0) is 18.0. The number of carbonyl (C=O) groups excluding carboxylic acids is 1. The number of methoxy groups -OCH3 is 1. The van der Waals surface area contributed by atoms with Gasteiger partial charge in [0.25, 0.3) is 0 Å². The van der Waals surface area contributed by atoms with Crippen molar-refractivity contribution >= 4 is 5.97 Å². The molecule has 2 aromatic carbocycles. The van der Waals surface area contributed by atoms with E-state index in [2.05, 4.69) is 38.1 Å². The molecule has 1 heterocycles.